The maximum absolute atomic E-state index is 13.5. The average molecular weight is 574 g/mol. The Morgan fingerprint density at radius 3 is 2.74 bits per heavy atom. The topological polar surface area (TPSA) is 69.0 Å². The zero-order chi connectivity index (χ0) is 24.7. The zero-order valence-corrected chi connectivity index (χ0v) is 22.9. The van der Waals surface area contributed by atoms with Crippen molar-refractivity contribution in [3.63, 3.8) is 0 Å². The maximum atomic E-state index is 13.5. The molecule has 0 fully saturated rings. The first-order chi connectivity index (χ1) is 16.7. The van der Waals surface area contributed by atoms with Crippen molar-refractivity contribution >= 4 is 51.0 Å². The summed E-state index contributed by atoms with van der Waals surface area (Å²) < 4.78 is 9.05. The summed E-state index contributed by atoms with van der Waals surface area (Å²) in [6.45, 7) is 6.71. The zero-order valence-electron chi connectivity index (χ0n) is 19.8. The number of anilines is 1. The van der Waals surface area contributed by atoms with Gasteiger partial charge in [-0.1, -0.05) is 72.2 Å². The highest BCUT2D eigenvalue weighted by Crippen LogP contribution is 2.47. The third kappa shape index (κ3) is 5.01. The van der Waals surface area contributed by atoms with E-state index in [1.807, 2.05) is 47.1 Å². The van der Waals surface area contributed by atoms with Crippen LogP contribution in [-0.2, 0) is 11.4 Å². The van der Waals surface area contributed by atoms with Crippen molar-refractivity contribution in [2.75, 3.05) is 11.1 Å². The molecular weight excluding hydrogens is 548 g/mol. The summed E-state index contributed by atoms with van der Waals surface area (Å²) in [5.74, 6) is 2.34. The Balaban J connectivity index is 1.61. The fourth-order valence-corrected chi connectivity index (χ4v) is 5.73. The number of thioether (sulfide) groups is 1. The molecule has 1 aliphatic heterocycles. The van der Waals surface area contributed by atoms with Gasteiger partial charge in [-0.2, -0.15) is 4.98 Å². The third-order valence-corrected chi connectivity index (χ3v) is 7.62. The standard InChI is InChI=1S/C26H26BrClN4O2S/c1-4-35-25-30-24-29-19-12-26(2,3)13-20(33)22(19)23(32(24)31-25)18-11-16(27)7-10-21(18)34-14-15-5-8-17(28)9-6-15/h5-11,23H,4,12-14H2,1-3H3,(H,29,30,31). The first kappa shape index (κ1) is 24.4. The van der Waals surface area contributed by atoms with Crippen LogP contribution in [0.5, 0.6) is 5.75 Å². The predicted molar refractivity (Wildman–Crippen MR) is 143 cm³/mol. The second-order valence-corrected chi connectivity index (χ2v) is 12.1. The van der Waals surface area contributed by atoms with E-state index in [2.05, 4.69) is 42.0 Å². The summed E-state index contributed by atoms with van der Waals surface area (Å²) in [4.78, 5) is 18.3. The van der Waals surface area contributed by atoms with Crippen LogP contribution in [-0.4, -0.2) is 26.3 Å². The van der Waals surface area contributed by atoms with Crippen LogP contribution in [0, 0.1) is 5.41 Å². The highest BCUT2D eigenvalue weighted by Gasteiger charge is 2.42. The van der Waals surface area contributed by atoms with Gasteiger partial charge in [0.2, 0.25) is 11.1 Å². The lowest BCUT2D eigenvalue weighted by Gasteiger charge is -2.38. The highest BCUT2D eigenvalue weighted by molar-refractivity contribution is 9.10. The van der Waals surface area contributed by atoms with E-state index < -0.39 is 6.04 Å². The number of ether oxygens (including phenoxy) is 1. The fourth-order valence-electron chi connectivity index (χ4n) is 4.67. The van der Waals surface area contributed by atoms with Crippen molar-refractivity contribution in [3.05, 3.63) is 74.4 Å². The Bertz CT molecular complexity index is 1320. The number of benzene rings is 2. The molecule has 1 aliphatic carbocycles. The van der Waals surface area contributed by atoms with E-state index in [-0.39, 0.29) is 11.2 Å². The molecule has 35 heavy (non-hydrogen) atoms. The maximum Gasteiger partial charge on any atom is 0.227 e. The quantitative estimate of drug-likeness (QED) is 0.319. The van der Waals surface area contributed by atoms with Gasteiger partial charge in [0, 0.05) is 32.7 Å². The van der Waals surface area contributed by atoms with Crippen LogP contribution < -0.4 is 10.1 Å². The summed E-state index contributed by atoms with van der Waals surface area (Å²) in [7, 11) is 0. The summed E-state index contributed by atoms with van der Waals surface area (Å²) in [6.07, 6.45) is 1.25. The summed E-state index contributed by atoms with van der Waals surface area (Å²) in [5.41, 5.74) is 3.42. The van der Waals surface area contributed by atoms with Gasteiger partial charge in [-0.25, -0.2) is 4.68 Å². The minimum Gasteiger partial charge on any atom is -0.489 e. The molecule has 6 nitrogen and oxygen atoms in total. The fraction of sp³-hybridized carbons (Fsp3) is 0.346. The molecule has 1 unspecified atom stereocenters. The number of carbonyl (C=O) groups excluding carboxylic acids is 1. The number of hydrogen-bond acceptors (Lipinski definition) is 6. The lowest BCUT2D eigenvalue weighted by Crippen LogP contribution is -2.36. The Morgan fingerprint density at radius 1 is 1.23 bits per heavy atom. The van der Waals surface area contributed by atoms with Crippen molar-refractivity contribution < 1.29 is 9.53 Å². The van der Waals surface area contributed by atoms with Gasteiger partial charge in [-0.15, -0.1) is 5.10 Å². The van der Waals surface area contributed by atoms with Crippen LogP contribution in [0.2, 0.25) is 5.02 Å². The number of rotatable bonds is 6. The second kappa shape index (κ2) is 9.64. The SMILES string of the molecule is CCSc1nc2n(n1)C(c1cc(Br)ccc1OCc1ccc(Cl)cc1)C1=C(CC(C)(C)CC1=O)N2. The minimum absolute atomic E-state index is 0.123. The van der Waals surface area contributed by atoms with Crippen molar-refractivity contribution in [1.82, 2.24) is 14.8 Å². The Kier molecular flexibility index (Phi) is 6.72. The highest BCUT2D eigenvalue weighted by atomic mass is 79.9. The number of halogens is 2. The predicted octanol–water partition coefficient (Wildman–Crippen LogP) is 7.04. The van der Waals surface area contributed by atoms with Crippen LogP contribution >= 0.6 is 39.3 Å². The number of carbonyl (C=O) groups is 1. The molecule has 5 rings (SSSR count). The Hall–Kier alpha value is -2.29. The third-order valence-electron chi connectivity index (χ3n) is 6.16. The van der Waals surface area contributed by atoms with Gasteiger partial charge >= 0.3 is 0 Å². The lowest BCUT2D eigenvalue weighted by molar-refractivity contribution is -0.118. The van der Waals surface area contributed by atoms with E-state index in [0.29, 0.717) is 34.9 Å². The average Bonchev–Trinajstić information content (AvgIpc) is 3.19. The Labute approximate surface area is 222 Å². The molecule has 1 aromatic heterocycles. The molecule has 0 amide bonds. The number of fused-ring (bicyclic) bond motifs is 1. The molecule has 0 radical (unpaired) electrons. The van der Waals surface area contributed by atoms with Crippen LogP contribution in [0.25, 0.3) is 0 Å². The smallest absolute Gasteiger partial charge is 0.227 e. The molecule has 0 bridgehead atoms. The molecule has 2 aromatic carbocycles. The molecule has 2 aliphatic rings. The van der Waals surface area contributed by atoms with Gasteiger partial charge in [-0.3, -0.25) is 4.79 Å². The molecule has 1 N–H and O–H groups in total. The second-order valence-electron chi connectivity index (χ2n) is 9.55. The molecule has 182 valence electrons. The van der Waals surface area contributed by atoms with Crippen LogP contribution in [0.1, 0.15) is 50.8 Å². The number of hydrogen-bond donors (Lipinski definition) is 1. The number of allylic oxidation sites excluding steroid dienone is 2. The molecule has 9 heteroatoms. The summed E-state index contributed by atoms with van der Waals surface area (Å²) in [5, 5.41) is 9.59. The Morgan fingerprint density at radius 2 is 2.00 bits per heavy atom. The van der Waals surface area contributed by atoms with E-state index in [9.17, 15) is 4.79 Å². The van der Waals surface area contributed by atoms with E-state index in [1.54, 1.807) is 11.8 Å². The number of nitrogens with one attached hydrogen (secondary N) is 1. The van der Waals surface area contributed by atoms with Gasteiger partial charge in [0.25, 0.3) is 0 Å². The number of Topliss-reactive ketones (excluding diaryl/α,β-unsaturated/α-hetero) is 1. The van der Waals surface area contributed by atoms with Gasteiger partial charge in [-0.05, 0) is 53.5 Å². The monoisotopic (exact) mass is 572 g/mol. The van der Waals surface area contributed by atoms with E-state index in [4.69, 9.17) is 26.4 Å². The molecule has 0 spiro atoms. The first-order valence-electron chi connectivity index (χ1n) is 11.5. The van der Waals surface area contributed by atoms with Gasteiger partial charge < -0.3 is 10.1 Å². The van der Waals surface area contributed by atoms with Gasteiger partial charge in [0.15, 0.2) is 5.78 Å². The normalized spacial score (nSPS) is 18.7. The van der Waals surface area contributed by atoms with Crippen molar-refractivity contribution in [2.24, 2.45) is 5.41 Å². The number of aromatic nitrogens is 3. The van der Waals surface area contributed by atoms with Crippen molar-refractivity contribution in [3.8, 4) is 5.75 Å². The van der Waals surface area contributed by atoms with Crippen LogP contribution in [0.3, 0.4) is 0 Å². The molecule has 3 aromatic rings. The summed E-state index contributed by atoms with van der Waals surface area (Å²) >= 11 is 11.2. The number of nitrogens with zero attached hydrogens (tertiary/aromatic N) is 3. The summed E-state index contributed by atoms with van der Waals surface area (Å²) in [6, 6.07) is 13.1. The van der Waals surface area contributed by atoms with Crippen LogP contribution in [0.15, 0.2) is 63.4 Å². The van der Waals surface area contributed by atoms with Crippen LogP contribution in [0.4, 0.5) is 5.95 Å². The van der Waals surface area contributed by atoms with Crippen molar-refractivity contribution in [1.29, 1.82) is 0 Å². The van der Waals surface area contributed by atoms with E-state index >= 15 is 0 Å². The lowest BCUT2D eigenvalue weighted by atomic mass is 9.73. The first-order valence-corrected chi connectivity index (χ1v) is 13.7. The van der Waals surface area contributed by atoms with Gasteiger partial charge in [0.1, 0.15) is 18.4 Å². The minimum atomic E-state index is -0.429. The molecular formula is C26H26BrClN4O2S. The largest absolute Gasteiger partial charge is 0.489 e. The molecule has 0 saturated carbocycles. The molecule has 1 atom stereocenters. The van der Waals surface area contributed by atoms with E-state index in [1.165, 1.54) is 0 Å². The molecule has 0 saturated heterocycles. The van der Waals surface area contributed by atoms with Gasteiger partial charge in [0.05, 0.1) is 0 Å². The number of ketones is 1. The van der Waals surface area contributed by atoms with Crippen molar-refractivity contribution in [2.45, 2.75) is 51.4 Å². The van der Waals surface area contributed by atoms with E-state index in [0.717, 1.165) is 39.0 Å². The molecule has 2 heterocycles.